The third-order valence-corrected chi connectivity index (χ3v) is 1.88. The van der Waals surface area contributed by atoms with Gasteiger partial charge in [0.05, 0.1) is 6.33 Å². The molecule has 0 radical (unpaired) electrons. The minimum atomic E-state index is -0.477. The van der Waals surface area contributed by atoms with Crippen molar-refractivity contribution in [3.05, 3.63) is 39.8 Å². The van der Waals surface area contributed by atoms with Crippen molar-refractivity contribution >= 4 is 11.2 Å². The Morgan fingerprint density at radius 1 is 1.57 bits per heavy atom. The summed E-state index contributed by atoms with van der Waals surface area (Å²) in [6.45, 7) is 3.65. The van der Waals surface area contributed by atoms with Crippen molar-refractivity contribution in [2.24, 2.45) is 0 Å². The molecule has 0 aliphatic rings. The summed E-state index contributed by atoms with van der Waals surface area (Å²) in [6, 6.07) is 0. The Hall–Kier alpha value is -2.11. The number of rotatable bonds is 2. The number of imidazole rings is 1. The second kappa shape index (κ2) is 2.99. The van der Waals surface area contributed by atoms with Crippen molar-refractivity contribution in [3.63, 3.8) is 0 Å². The van der Waals surface area contributed by atoms with Gasteiger partial charge in [0.2, 0.25) is 0 Å². The molecule has 6 heteroatoms. The second-order valence-electron chi connectivity index (χ2n) is 2.76. The summed E-state index contributed by atoms with van der Waals surface area (Å²) < 4.78 is 1.05. The smallest absolute Gasteiger partial charge is 0.330 e. The van der Waals surface area contributed by atoms with E-state index in [0.29, 0.717) is 5.52 Å². The lowest BCUT2D eigenvalue weighted by Crippen LogP contribution is -2.34. The molecule has 6 nitrogen and oxygen atoms in total. The largest absolute Gasteiger partial charge is 0.339 e. The zero-order chi connectivity index (χ0) is 10.1. The molecule has 0 aliphatic carbocycles. The zero-order valence-electron chi connectivity index (χ0n) is 7.28. The van der Waals surface area contributed by atoms with Crippen molar-refractivity contribution in [2.75, 3.05) is 0 Å². The van der Waals surface area contributed by atoms with E-state index >= 15 is 0 Å². The molecule has 14 heavy (non-hydrogen) atoms. The summed E-state index contributed by atoms with van der Waals surface area (Å²) in [5.74, 6) is 0. The van der Waals surface area contributed by atoms with Gasteiger partial charge in [-0.3, -0.25) is 14.3 Å². The lowest BCUT2D eigenvalue weighted by Gasteiger charge is -1.98. The van der Waals surface area contributed by atoms with Crippen LogP contribution in [0.5, 0.6) is 0 Å². The highest BCUT2D eigenvalue weighted by Crippen LogP contribution is 1.94. The molecule has 2 rings (SSSR count). The Kier molecular flexibility index (Phi) is 1.81. The van der Waals surface area contributed by atoms with E-state index in [1.807, 2.05) is 0 Å². The maximum absolute atomic E-state index is 11.6. The Labute approximate surface area is 77.9 Å². The van der Waals surface area contributed by atoms with Gasteiger partial charge in [0.1, 0.15) is 5.52 Å². The van der Waals surface area contributed by atoms with Crippen LogP contribution in [0.25, 0.3) is 11.2 Å². The fourth-order valence-electron chi connectivity index (χ4n) is 1.24. The molecule has 0 aliphatic heterocycles. The van der Waals surface area contributed by atoms with E-state index in [9.17, 15) is 9.59 Å². The first kappa shape index (κ1) is 8.49. The summed E-state index contributed by atoms with van der Waals surface area (Å²) in [7, 11) is 0. The van der Waals surface area contributed by atoms with E-state index in [-0.39, 0.29) is 17.8 Å². The van der Waals surface area contributed by atoms with Gasteiger partial charge in [0.25, 0.3) is 5.56 Å². The van der Waals surface area contributed by atoms with Crippen LogP contribution in [0.15, 0.2) is 28.6 Å². The van der Waals surface area contributed by atoms with Crippen LogP contribution in [-0.4, -0.2) is 19.5 Å². The number of fused-ring (bicyclic) bond motifs is 1. The summed E-state index contributed by atoms with van der Waals surface area (Å²) in [4.78, 5) is 31.9. The minimum absolute atomic E-state index is 0.184. The van der Waals surface area contributed by atoms with Gasteiger partial charge in [-0.05, 0) is 0 Å². The maximum atomic E-state index is 11.6. The van der Waals surface area contributed by atoms with E-state index in [1.165, 1.54) is 12.4 Å². The van der Waals surface area contributed by atoms with Gasteiger partial charge in [0, 0.05) is 6.54 Å². The van der Waals surface area contributed by atoms with E-state index in [0.717, 1.165) is 4.57 Å². The fraction of sp³-hybridized carbons (Fsp3) is 0.125. The van der Waals surface area contributed by atoms with Gasteiger partial charge in [-0.15, -0.1) is 6.58 Å². The van der Waals surface area contributed by atoms with Crippen molar-refractivity contribution in [1.82, 2.24) is 19.5 Å². The van der Waals surface area contributed by atoms with Crippen LogP contribution in [0.3, 0.4) is 0 Å². The third-order valence-electron chi connectivity index (χ3n) is 1.88. The van der Waals surface area contributed by atoms with Crippen LogP contribution in [0.2, 0.25) is 0 Å². The van der Waals surface area contributed by atoms with Crippen molar-refractivity contribution in [2.45, 2.75) is 6.54 Å². The number of nitrogens with one attached hydrogen (secondary N) is 2. The molecule has 0 amide bonds. The summed E-state index contributed by atoms with van der Waals surface area (Å²) in [5.41, 5.74) is -0.289. The molecule has 2 heterocycles. The first-order valence-corrected chi connectivity index (χ1v) is 4.01. The number of aromatic nitrogens is 4. The Balaban J connectivity index is 2.89. The monoisotopic (exact) mass is 192 g/mol. The lowest BCUT2D eigenvalue weighted by atomic mass is 10.5. The lowest BCUT2D eigenvalue weighted by molar-refractivity contribution is 0.726. The van der Waals surface area contributed by atoms with Gasteiger partial charge in [-0.2, -0.15) is 0 Å². The van der Waals surface area contributed by atoms with Gasteiger partial charge < -0.3 is 4.98 Å². The van der Waals surface area contributed by atoms with Crippen LogP contribution in [-0.2, 0) is 6.54 Å². The normalized spacial score (nSPS) is 10.6. The van der Waals surface area contributed by atoms with Crippen LogP contribution < -0.4 is 11.2 Å². The Morgan fingerprint density at radius 3 is 3.07 bits per heavy atom. The standard InChI is InChI=1S/C8H8N4O2/c1-2-3-12-7(13)5-6(10-4-9-5)11-8(12)14/h2,4H,1,3H2,(H,9,10)(H,11,14). The Bertz CT molecular complexity index is 589. The van der Waals surface area contributed by atoms with Gasteiger partial charge >= 0.3 is 5.69 Å². The van der Waals surface area contributed by atoms with E-state index < -0.39 is 5.69 Å². The highest BCUT2D eigenvalue weighted by Gasteiger charge is 2.07. The van der Waals surface area contributed by atoms with Crippen molar-refractivity contribution < 1.29 is 0 Å². The van der Waals surface area contributed by atoms with E-state index in [4.69, 9.17) is 0 Å². The number of hydrogen-bond acceptors (Lipinski definition) is 3. The van der Waals surface area contributed by atoms with Crippen LogP contribution >= 0.6 is 0 Å². The molecule has 0 spiro atoms. The molecule has 2 N–H and O–H groups in total. The van der Waals surface area contributed by atoms with Gasteiger partial charge in [-0.25, -0.2) is 9.78 Å². The number of hydrogen-bond donors (Lipinski definition) is 2. The first-order chi connectivity index (χ1) is 6.74. The summed E-state index contributed by atoms with van der Waals surface area (Å²) in [5, 5.41) is 0. The molecular formula is C8H8N4O2. The third kappa shape index (κ3) is 1.08. The molecule has 0 atom stereocenters. The van der Waals surface area contributed by atoms with Crippen molar-refractivity contribution in [3.8, 4) is 0 Å². The molecule has 0 bridgehead atoms. The number of allylic oxidation sites excluding steroid dienone is 1. The molecule has 0 saturated carbocycles. The topological polar surface area (TPSA) is 83.5 Å². The van der Waals surface area contributed by atoms with Crippen LogP contribution in [0.4, 0.5) is 0 Å². The van der Waals surface area contributed by atoms with Crippen molar-refractivity contribution in [1.29, 1.82) is 0 Å². The maximum Gasteiger partial charge on any atom is 0.330 e. The van der Waals surface area contributed by atoms with Gasteiger partial charge in [0.15, 0.2) is 5.65 Å². The number of aromatic amines is 2. The number of nitrogens with zero attached hydrogens (tertiary/aromatic N) is 2. The van der Waals surface area contributed by atoms with Gasteiger partial charge in [-0.1, -0.05) is 6.08 Å². The van der Waals surface area contributed by atoms with Crippen LogP contribution in [0.1, 0.15) is 0 Å². The highest BCUT2D eigenvalue weighted by atomic mass is 16.2. The minimum Gasteiger partial charge on any atom is -0.339 e. The Morgan fingerprint density at radius 2 is 2.36 bits per heavy atom. The predicted octanol–water partition coefficient (Wildman–Crippen LogP) is -0.401. The molecule has 2 aromatic heterocycles. The average Bonchev–Trinajstić information content (AvgIpc) is 2.60. The summed E-state index contributed by atoms with van der Waals surface area (Å²) >= 11 is 0. The average molecular weight is 192 g/mol. The fourth-order valence-corrected chi connectivity index (χ4v) is 1.24. The molecule has 0 aromatic carbocycles. The quantitative estimate of drug-likeness (QED) is 0.635. The molecule has 2 aromatic rings. The predicted molar refractivity (Wildman–Crippen MR) is 51.2 cm³/mol. The molecule has 0 unspecified atom stereocenters. The van der Waals surface area contributed by atoms with E-state index in [2.05, 4.69) is 21.5 Å². The molecular weight excluding hydrogens is 184 g/mol. The number of H-pyrrole nitrogens is 2. The molecule has 0 saturated heterocycles. The first-order valence-electron chi connectivity index (χ1n) is 4.01. The SMILES string of the molecule is C=CCn1c(=O)[nH]c2nc[nH]c2c1=O. The molecule has 72 valence electrons. The zero-order valence-corrected chi connectivity index (χ0v) is 7.28. The van der Waals surface area contributed by atoms with Crippen LogP contribution in [0, 0.1) is 0 Å². The summed E-state index contributed by atoms with van der Waals surface area (Å²) in [6.07, 6.45) is 2.85. The highest BCUT2D eigenvalue weighted by molar-refractivity contribution is 5.67. The molecule has 0 fully saturated rings. The van der Waals surface area contributed by atoms with E-state index in [1.54, 1.807) is 0 Å². The second-order valence-corrected chi connectivity index (χ2v) is 2.76.